The Morgan fingerprint density at radius 1 is 1.00 bits per heavy atom. The maximum atomic E-state index is 12.2. The molecule has 0 aliphatic rings. The molecule has 0 amide bonds. The van der Waals surface area contributed by atoms with Gasteiger partial charge in [0.25, 0.3) is 10.0 Å². The Morgan fingerprint density at radius 2 is 1.81 bits per heavy atom. The zero-order chi connectivity index (χ0) is 14.7. The van der Waals surface area contributed by atoms with Crippen LogP contribution in [-0.2, 0) is 10.0 Å². The second-order valence-corrected chi connectivity index (χ2v) is 5.97. The monoisotopic (exact) mass is 300 g/mol. The topological polar surface area (TPSA) is 76.9 Å². The lowest BCUT2D eigenvalue weighted by atomic mass is 10.3. The molecule has 0 aliphatic carbocycles. The molecule has 1 aromatic carbocycles. The molecular weight excluding hydrogens is 288 g/mol. The first-order valence-electron chi connectivity index (χ1n) is 6.18. The van der Waals surface area contributed by atoms with Gasteiger partial charge in [0, 0.05) is 18.6 Å². The Bertz CT molecular complexity index is 813. The molecule has 0 saturated heterocycles. The summed E-state index contributed by atoms with van der Waals surface area (Å²) in [5.74, 6) is 0. The summed E-state index contributed by atoms with van der Waals surface area (Å²) in [6, 6.07) is 11.6. The van der Waals surface area contributed by atoms with Crippen LogP contribution in [0.4, 0.5) is 5.69 Å². The van der Waals surface area contributed by atoms with Crippen LogP contribution >= 0.6 is 0 Å². The van der Waals surface area contributed by atoms with Gasteiger partial charge in [0.1, 0.15) is 0 Å². The molecule has 7 heteroatoms. The number of rotatable bonds is 4. The van der Waals surface area contributed by atoms with Crippen molar-refractivity contribution in [2.45, 2.75) is 4.90 Å². The van der Waals surface area contributed by atoms with E-state index in [9.17, 15) is 8.42 Å². The highest BCUT2D eigenvalue weighted by Crippen LogP contribution is 2.16. The second kappa shape index (κ2) is 5.37. The van der Waals surface area contributed by atoms with Crippen LogP contribution in [0.5, 0.6) is 0 Å². The maximum Gasteiger partial charge on any atom is 0.261 e. The SMILES string of the molecule is O=S(=O)(Nc1cccnc1)c1ccc(-n2cccn2)cc1. The van der Waals surface area contributed by atoms with Crippen molar-refractivity contribution in [3.63, 3.8) is 0 Å². The molecule has 106 valence electrons. The molecule has 0 radical (unpaired) electrons. The zero-order valence-electron chi connectivity index (χ0n) is 10.9. The number of nitrogens with one attached hydrogen (secondary N) is 1. The normalized spacial score (nSPS) is 11.2. The van der Waals surface area contributed by atoms with Gasteiger partial charge in [-0.3, -0.25) is 9.71 Å². The van der Waals surface area contributed by atoms with Gasteiger partial charge in [-0.1, -0.05) is 0 Å². The minimum absolute atomic E-state index is 0.183. The van der Waals surface area contributed by atoms with E-state index in [2.05, 4.69) is 14.8 Å². The number of anilines is 1. The van der Waals surface area contributed by atoms with Gasteiger partial charge in [0.15, 0.2) is 0 Å². The van der Waals surface area contributed by atoms with Crippen molar-refractivity contribution in [2.24, 2.45) is 0 Å². The van der Waals surface area contributed by atoms with E-state index in [-0.39, 0.29) is 4.90 Å². The molecule has 6 nitrogen and oxygen atoms in total. The van der Waals surface area contributed by atoms with Crippen LogP contribution in [0.3, 0.4) is 0 Å². The maximum absolute atomic E-state index is 12.2. The molecule has 1 N–H and O–H groups in total. The van der Waals surface area contributed by atoms with Crippen LogP contribution < -0.4 is 4.72 Å². The molecule has 0 saturated carbocycles. The van der Waals surface area contributed by atoms with Gasteiger partial charge >= 0.3 is 0 Å². The van der Waals surface area contributed by atoms with Gasteiger partial charge in [-0.05, 0) is 42.5 Å². The number of benzene rings is 1. The van der Waals surface area contributed by atoms with Gasteiger partial charge in [-0.2, -0.15) is 5.10 Å². The van der Waals surface area contributed by atoms with Crippen molar-refractivity contribution < 1.29 is 8.42 Å². The van der Waals surface area contributed by atoms with Gasteiger partial charge in [-0.25, -0.2) is 13.1 Å². The number of hydrogen-bond donors (Lipinski definition) is 1. The van der Waals surface area contributed by atoms with Gasteiger partial charge < -0.3 is 0 Å². The zero-order valence-corrected chi connectivity index (χ0v) is 11.7. The lowest BCUT2D eigenvalue weighted by Gasteiger charge is -2.08. The molecule has 0 bridgehead atoms. The Hall–Kier alpha value is -2.67. The summed E-state index contributed by atoms with van der Waals surface area (Å²) in [6.45, 7) is 0. The van der Waals surface area contributed by atoms with Crippen LogP contribution in [0, 0.1) is 0 Å². The number of hydrogen-bond acceptors (Lipinski definition) is 4. The first-order valence-corrected chi connectivity index (χ1v) is 7.66. The molecule has 0 atom stereocenters. The van der Waals surface area contributed by atoms with E-state index in [0.29, 0.717) is 5.69 Å². The van der Waals surface area contributed by atoms with Crippen molar-refractivity contribution in [1.82, 2.24) is 14.8 Å². The Morgan fingerprint density at radius 3 is 2.43 bits per heavy atom. The average Bonchev–Trinajstić information content (AvgIpc) is 3.02. The Labute approximate surface area is 122 Å². The summed E-state index contributed by atoms with van der Waals surface area (Å²) < 4.78 is 28.6. The lowest BCUT2D eigenvalue weighted by Crippen LogP contribution is -2.13. The summed E-state index contributed by atoms with van der Waals surface area (Å²) in [6.07, 6.45) is 6.48. The molecule has 0 aliphatic heterocycles. The first-order chi connectivity index (χ1) is 10.1. The van der Waals surface area contributed by atoms with Crippen molar-refractivity contribution >= 4 is 15.7 Å². The third-order valence-corrected chi connectivity index (χ3v) is 4.23. The Balaban J connectivity index is 1.86. The van der Waals surface area contributed by atoms with E-state index in [0.717, 1.165) is 5.69 Å². The third kappa shape index (κ3) is 2.92. The van der Waals surface area contributed by atoms with Gasteiger partial charge in [0.2, 0.25) is 0 Å². The third-order valence-electron chi connectivity index (χ3n) is 2.83. The van der Waals surface area contributed by atoms with Gasteiger partial charge in [-0.15, -0.1) is 0 Å². The Kier molecular flexibility index (Phi) is 3.41. The summed E-state index contributed by atoms with van der Waals surface area (Å²) in [5.41, 5.74) is 1.22. The second-order valence-electron chi connectivity index (χ2n) is 4.29. The summed E-state index contributed by atoms with van der Waals surface area (Å²) in [7, 11) is -3.62. The van der Waals surface area contributed by atoms with E-state index >= 15 is 0 Å². The molecule has 0 spiro atoms. The predicted octanol–water partition coefficient (Wildman–Crippen LogP) is 2.07. The minimum Gasteiger partial charge on any atom is -0.278 e. The lowest BCUT2D eigenvalue weighted by molar-refractivity contribution is 0.601. The van der Waals surface area contributed by atoms with Crippen LogP contribution in [0.25, 0.3) is 5.69 Å². The van der Waals surface area contributed by atoms with Crippen LogP contribution in [0.2, 0.25) is 0 Å². The van der Waals surface area contributed by atoms with E-state index in [1.54, 1.807) is 53.6 Å². The molecule has 3 aromatic rings. The molecule has 2 heterocycles. The van der Waals surface area contributed by atoms with E-state index < -0.39 is 10.0 Å². The van der Waals surface area contributed by atoms with E-state index in [4.69, 9.17) is 0 Å². The number of pyridine rings is 1. The molecule has 0 fully saturated rings. The number of sulfonamides is 1. The minimum atomic E-state index is -3.62. The van der Waals surface area contributed by atoms with Crippen molar-refractivity contribution in [2.75, 3.05) is 4.72 Å². The smallest absolute Gasteiger partial charge is 0.261 e. The average molecular weight is 300 g/mol. The highest BCUT2D eigenvalue weighted by atomic mass is 32.2. The van der Waals surface area contributed by atoms with Crippen LogP contribution in [0.15, 0.2) is 72.1 Å². The summed E-state index contributed by atoms with van der Waals surface area (Å²) in [5, 5.41) is 4.09. The van der Waals surface area contributed by atoms with E-state index in [1.807, 2.05) is 0 Å². The van der Waals surface area contributed by atoms with Crippen LogP contribution in [-0.4, -0.2) is 23.2 Å². The van der Waals surface area contributed by atoms with Crippen molar-refractivity contribution in [3.8, 4) is 5.69 Å². The first kappa shape index (κ1) is 13.3. The van der Waals surface area contributed by atoms with Gasteiger partial charge in [0.05, 0.1) is 22.5 Å². The fourth-order valence-corrected chi connectivity index (χ4v) is 2.88. The highest BCUT2D eigenvalue weighted by molar-refractivity contribution is 7.92. The molecule has 3 rings (SSSR count). The molecule has 2 aromatic heterocycles. The molecule has 21 heavy (non-hydrogen) atoms. The predicted molar refractivity (Wildman–Crippen MR) is 78.6 cm³/mol. The standard InChI is InChI=1S/C14H12N4O2S/c19-21(20,17-12-3-1-8-15-11-12)14-6-4-13(5-7-14)18-10-2-9-16-18/h1-11,17H. The quantitative estimate of drug-likeness (QED) is 0.800. The fraction of sp³-hybridized carbons (Fsp3) is 0. The molecular formula is C14H12N4O2S. The highest BCUT2D eigenvalue weighted by Gasteiger charge is 2.14. The summed E-state index contributed by atoms with van der Waals surface area (Å²) >= 11 is 0. The van der Waals surface area contributed by atoms with Crippen molar-refractivity contribution in [3.05, 3.63) is 67.3 Å². The van der Waals surface area contributed by atoms with Crippen molar-refractivity contribution in [1.29, 1.82) is 0 Å². The van der Waals surface area contributed by atoms with E-state index in [1.165, 1.54) is 18.3 Å². The number of nitrogens with zero attached hydrogens (tertiary/aromatic N) is 3. The largest absolute Gasteiger partial charge is 0.278 e. The fourth-order valence-electron chi connectivity index (χ4n) is 1.84. The number of aromatic nitrogens is 3. The molecule has 0 unspecified atom stereocenters. The summed E-state index contributed by atoms with van der Waals surface area (Å²) in [4.78, 5) is 4.05. The van der Waals surface area contributed by atoms with Crippen LogP contribution in [0.1, 0.15) is 0 Å².